The van der Waals surface area contributed by atoms with E-state index in [0.29, 0.717) is 30.2 Å². The summed E-state index contributed by atoms with van der Waals surface area (Å²) < 4.78 is 6.50. The van der Waals surface area contributed by atoms with E-state index < -0.39 is 0 Å². The van der Waals surface area contributed by atoms with Crippen LogP contribution < -0.4 is 9.47 Å². The second kappa shape index (κ2) is 9.18. The molecule has 4 rings (SSSR count). The standard InChI is InChI=1S/C23H27N3O4S/c1-3-19-14-24(23(28)17-7-8-20-18(13-17)12-16(2)30-20)10-11-25(19)21(27)15-31-22-6-4-5-9-26(22)29/h4-9,13,16,19H,3,10-12,14-15H2,1-2H3. The van der Waals surface area contributed by atoms with Crippen molar-refractivity contribution in [3.63, 3.8) is 0 Å². The summed E-state index contributed by atoms with van der Waals surface area (Å²) in [5.74, 6) is 1.07. The highest BCUT2D eigenvalue weighted by molar-refractivity contribution is 7.99. The number of piperazine rings is 1. The van der Waals surface area contributed by atoms with Crippen molar-refractivity contribution in [2.45, 2.75) is 43.9 Å². The number of aromatic nitrogens is 1. The fourth-order valence-electron chi connectivity index (χ4n) is 4.20. The van der Waals surface area contributed by atoms with E-state index in [9.17, 15) is 14.8 Å². The summed E-state index contributed by atoms with van der Waals surface area (Å²) in [4.78, 5) is 29.6. The Morgan fingerprint density at radius 2 is 2.10 bits per heavy atom. The number of fused-ring (bicyclic) bond motifs is 1. The minimum absolute atomic E-state index is 0.000964. The van der Waals surface area contributed by atoms with Crippen LogP contribution in [0.2, 0.25) is 0 Å². The van der Waals surface area contributed by atoms with Crippen molar-refractivity contribution in [3.05, 3.63) is 58.9 Å². The van der Waals surface area contributed by atoms with Gasteiger partial charge in [0.05, 0.1) is 5.75 Å². The molecule has 2 aliphatic rings. The van der Waals surface area contributed by atoms with Crippen molar-refractivity contribution in [2.24, 2.45) is 0 Å². The van der Waals surface area contributed by atoms with Crippen LogP contribution in [0.25, 0.3) is 0 Å². The number of ether oxygens (including phenoxy) is 1. The highest BCUT2D eigenvalue weighted by Crippen LogP contribution is 2.30. The predicted octanol–water partition coefficient (Wildman–Crippen LogP) is 2.50. The molecule has 8 heteroatoms. The van der Waals surface area contributed by atoms with Gasteiger partial charge in [-0.3, -0.25) is 9.59 Å². The summed E-state index contributed by atoms with van der Waals surface area (Å²) in [5.41, 5.74) is 1.75. The number of amides is 2. The summed E-state index contributed by atoms with van der Waals surface area (Å²) in [6.07, 6.45) is 3.16. The van der Waals surface area contributed by atoms with Gasteiger partial charge in [-0.2, -0.15) is 4.73 Å². The maximum absolute atomic E-state index is 13.1. The SMILES string of the molecule is CCC1CN(C(=O)c2ccc3c(c2)CC(C)O3)CCN1C(=O)CSc1cccc[n+]1[O-]. The van der Waals surface area contributed by atoms with E-state index in [0.717, 1.165) is 28.9 Å². The number of hydrogen-bond donors (Lipinski definition) is 0. The van der Waals surface area contributed by atoms with Gasteiger partial charge in [0.25, 0.3) is 10.9 Å². The Kier molecular flexibility index (Phi) is 6.36. The Balaban J connectivity index is 1.38. The van der Waals surface area contributed by atoms with Gasteiger partial charge in [-0.25, -0.2) is 0 Å². The molecule has 164 valence electrons. The van der Waals surface area contributed by atoms with E-state index in [1.165, 1.54) is 18.0 Å². The summed E-state index contributed by atoms with van der Waals surface area (Å²) in [6.45, 7) is 5.57. The van der Waals surface area contributed by atoms with Crippen LogP contribution in [-0.4, -0.2) is 59.1 Å². The van der Waals surface area contributed by atoms with Crippen molar-refractivity contribution in [3.8, 4) is 5.75 Å². The number of benzene rings is 1. The van der Waals surface area contributed by atoms with Crippen LogP contribution in [0.4, 0.5) is 0 Å². The number of pyridine rings is 1. The molecule has 2 atom stereocenters. The van der Waals surface area contributed by atoms with Gasteiger partial charge < -0.3 is 19.7 Å². The molecule has 0 saturated carbocycles. The van der Waals surface area contributed by atoms with Gasteiger partial charge in [-0.15, -0.1) is 0 Å². The monoisotopic (exact) mass is 441 g/mol. The molecule has 0 N–H and O–H groups in total. The van der Waals surface area contributed by atoms with E-state index in [1.54, 1.807) is 18.2 Å². The lowest BCUT2D eigenvalue weighted by atomic mass is 10.0. The third-order valence-electron chi connectivity index (χ3n) is 5.84. The second-order valence-corrected chi connectivity index (χ2v) is 9.00. The van der Waals surface area contributed by atoms with Crippen LogP contribution in [0, 0.1) is 5.21 Å². The molecule has 0 radical (unpaired) electrons. The molecule has 31 heavy (non-hydrogen) atoms. The quantitative estimate of drug-likeness (QED) is 0.405. The van der Waals surface area contributed by atoms with E-state index >= 15 is 0 Å². The third kappa shape index (κ3) is 4.63. The molecule has 2 aliphatic heterocycles. The fraction of sp³-hybridized carbons (Fsp3) is 0.435. The molecule has 1 aromatic heterocycles. The normalized spacial score (nSPS) is 20.3. The Morgan fingerprint density at radius 1 is 1.26 bits per heavy atom. The van der Waals surface area contributed by atoms with Crippen LogP contribution in [0.1, 0.15) is 36.2 Å². The lowest BCUT2D eigenvalue weighted by molar-refractivity contribution is -0.645. The number of carbonyl (C=O) groups excluding carboxylic acids is 2. The smallest absolute Gasteiger partial charge is 0.253 e. The summed E-state index contributed by atoms with van der Waals surface area (Å²) in [7, 11) is 0. The van der Waals surface area contributed by atoms with Crippen LogP contribution in [0.5, 0.6) is 5.75 Å². The van der Waals surface area contributed by atoms with E-state index in [1.807, 2.05) is 41.8 Å². The summed E-state index contributed by atoms with van der Waals surface area (Å²) in [6, 6.07) is 10.8. The van der Waals surface area contributed by atoms with Gasteiger partial charge >= 0.3 is 0 Å². The van der Waals surface area contributed by atoms with Crippen LogP contribution >= 0.6 is 11.8 Å². The average Bonchev–Trinajstić information content (AvgIpc) is 3.16. The van der Waals surface area contributed by atoms with E-state index in [4.69, 9.17) is 4.74 Å². The molecular weight excluding hydrogens is 414 g/mol. The van der Waals surface area contributed by atoms with Gasteiger partial charge in [-0.1, -0.05) is 6.92 Å². The van der Waals surface area contributed by atoms with Gasteiger partial charge in [-0.05, 0) is 54.9 Å². The highest BCUT2D eigenvalue weighted by Gasteiger charge is 2.32. The zero-order valence-corrected chi connectivity index (χ0v) is 18.6. The zero-order valence-electron chi connectivity index (χ0n) is 17.8. The molecule has 0 bridgehead atoms. The number of nitrogens with zero attached hydrogens (tertiary/aromatic N) is 3. The number of hydrogen-bond acceptors (Lipinski definition) is 5. The molecule has 2 unspecified atom stereocenters. The molecule has 3 heterocycles. The van der Waals surface area contributed by atoms with Gasteiger partial charge in [0, 0.05) is 49.8 Å². The Hall–Kier alpha value is -2.74. The van der Waals surface area contributed by atoms with Crippen molar-refractivity contribution < 1.29 is 19.1 Å². The first-order chi connectivity index (χ1) is 15.0. The van der Waals surface area contributed by atoms with Crippen LogP contribution in [-0.2, 0) is 11.2 Å². The average molecular weight is 442 g/mol. The molecular formula is C23H27N3O4S. The van der Waals surface area contributed by atoms with E-state index in [2.05, 4.69) is 0 Å². The minimum atomic E-state index is -0.0290. The minimum Gasteiger partial charge on any atom is -0.618 e. The Labute approximate surface area is 186 Å². The second-order valence-electron chi connectivity index (χ2n) is 8.01. The van der Waals surface area contributed by atoms with Crippen molar-refractivity contribution in [1.29, 1.82) is 0 Å². The molecule has 2 amide bonds. The third-order valence-corrected chi connectivity index (χ3v) is 6.84. The Bertz CT molecular complexity index is 983. The summed E-state index contributed by atoms with van der Waals surface area (Å²) >= 11 is 1.24. The van der Waals surface area contributed by atoms with Gasteiger partial charge in [0.2, 0.25) is 5.91 Å². The van der Waals surface area contributed by atoms with Crippen molar-refractivity contribution >= 4 is 23.6 Å². The largest absolute Gasteiger partial charge is 0.618 e. The van der Waals surface area contributed by atoms with Gasteiger partial charge in [0.15, 0.2) is 6.20 Å². The van der Waals surface area contributed by atoms with Crippen LogP contribution in [0.3, 0.4) is 0 Å². The molecule has 7 nitrogen and oxygen atoms in total. The first-order valence-electron chi connectivity index (χ1n) is 10.7. The first-order valence-corrected chi connectivity index (χ1v) is 11.6. The van der Waals surface area contributed by atoms with Crippen LogP contribution in [0.15, 0.2) is 47.6 Å². The number of rotatable bonds is 5. The molecule has 0 aliphatic carbocycles. The molecule has 1 saturated heterocycles. The first kappa shape index (κ1) is 21.5. The highest BCUT2D eigenvalue weighted by atomic mass is 32.2. The number of thioether (sulfide) groups is 1. The van der Waals surface area contributed by atoms with Crippen molar-refractivity contribution in [2.75, 3.05) is 25.4 Å². The summed E-state index contributed by atoms with van der Waals surface area (Å²) in [5, 5.41) is 12.3. The van der Waals surface area contributed by atoms with Crippen molar-refractivity contribution in [1.82, 2.24) is 9.80 Å². The lowest BCUT2D eigenvalue weighted by Gasteiger charge is -2.41. The zero-order chi connectivity index (χ0) is 22.0. The predicted molar refractivity (Wildman–Crippen MR) is 118 cm³/mol. The molecule has 2 aromatic rings. The molecule has 1 fully saturated rings. The topological polar surface area (TPSA) is 76.8 Å². The number of carbonyl (C=O) groups is 2. The Morgan fingerprint density at radius 3 is 2.87 bits per heavy atom. The maximum Gasteiger partial charge on any atom is 0.253 e. The molecule has 0 spiro atoms. The maximum atomic E-state index is 13.1. The lowest BCUT2D eigenvalue weighted by Crippen LogP contribution is -2.56. The molecule has 1 aromatic carbocycles. The van der Waals surface area contributed by atoms with Gasteiger partial charge in [0.1, 0.15) is 11.9 Å². The fourth-order valence-corrected chi connectivity index (χ4v) is 5.00. The van der Waals surface area contributed by atoms with E-state index in [-0.39, 0.29) is 29.7 Å².